The van der Waals surface area contributed by atoms with E-state index < -0.39 is 0 Å². The van der Waals surface area contributed by atoms with Crippen molar-refractivity contribution in [3.8, 4) is 11.3 Å². The first kappa shape index (κ1) is 17.8. The number of carbonyl (C=O) groups excluding carboxylic acids is 1. The van der Waals surface area contributed by atoms with E-state index in [2.05, 4.69) is 15.4 Å². The van der Waals surface area contributed by atoms with E-state index in [9.17, 15) is 9.59 Å². The Hall–Kier alpha value is -2.99. The molecule has 26 heavy (non-hydrogen) atoms. The minimum atomic E-state index is -0.201. The lowest BCUT2D eigenvalue weighted by Gasteiger charge is -2.08. The molecule has 0 saturated carbocycles. The molecule has 0 fully saturated rings. The van der Waals surface area contributed by atoms with Crippen molar-refractivity contribution in [2.75, 3.05) is 5.32 Å². The van der Waals surface area contributed by atoms with Gasteiger partial charge in [-0.3, -0.25) is 14.6 Å². The number of nitrogens with zero attached hydrogens (tertiary/aromatic N) is 3. The molecule has 0 aliphatic heterocycles. The second-order valence-electron chi connectivity index (χ2n) is 5.68. The summed E-state index contributed by atoms with van der Waals surface area (Å²) in [5.74, 6) is -0.135. The number of aromatic nitrogens is 3. The normalized spacial score (nSPS) is 10.5. The second-order valence-corrected chi connectivity index (χ2v) is 6.12. The molecular weight excluding hydrogens is 352 g/mol. The highest BCUT2D eigenvalue weighted by atomic mass is 35.5. The van der Waals surface area contributed by atoms with Crippen molar-refractivity contribution >= 4 is 23.2 Å². The van der Waals surface area contributed by atoms with Gasteiger partial charge >= 0.3 is 0 Å². The maximum atomic E-state index is 12.0. The van der Waals surface area contributed by atoms with Gasteiger partial charge in [-0.2, -0.15) is 5.10 Å². The Morgan fingerprint density at radius 3 is 2.81 bits per heavy atom. The minimum absolute atomic E-state index is 0.135. The third-order valence-electron chi connectivity index (χ3n) is 3.71. The van der Waals surface area contributed by atoms with Crippen LogP contribution in [0, 0.1) is 0 Å². The molecule has 3 aromatic rings. The van der Waals surface area contributed by atoms with Crippen LogP contribution in [0.1, 0.15) is 12.8 Å². The molecule has 6 nitrogen and oxygen atoms in total. The molecule has 0 atom stereocenters. The van der Waals surface area contributed by atoms with E-state index in [1.54, 1.807) is 42.7 Å². The van der Waals surface area contributed by atoms with Gasteiger partial charge in [0.15, 0.2) is 0 Å². The lowest BCUT2D eigenvalue weighted by atomic mass is 10.2. The molecule has 0 aliphatic carbocycles. The summed E-state index contributed by atoms with van der Waals surface area (Å²) in [6.45, 7) is 0.357. The summed E-state index contributed by atoms with van der Waals surface area (Å²) in [4.78, 5) is 28.0. The van der Waals surface area contributed by atoms with Gasteiger partial charge in [-0.25, -0.2) is 4.68 Å². The van der Waals surface area contributed by atoms with Gasteiger partial charge in [0, 0.05) is 47.7 Å². The monoisotopic (exact) mass is 368 g/mol. The van der Waals surface area contributed by atoms with Gasteiger partial charge in [-0.1, -0.05) is 17.7 Å². The first-order valence-corrected chi connectivity index (χ1v) is 8.53. The lowest BCUT2D eigenvalue weighted by molar-refractivity contribution is -0.116. The molecule has 7 heteroatoms. The van der Waals surface area contributed by atoms with E-state index in [1.165, 1.54) is 10.7 Å². The van der Waals surface area contributed by atoms with E-state index in [1.807, 2.05) is 12.1 Å². The third kappa shape index (κ3) is 4.77. The summed E-state index contributed by atoms with van der Waals surface area (Å²) in [6.07, 6.45) is 4.14. The maximum Gasteiger partial charge on any atom is 0.266 e. The van der Waals surface area contributed by atoms with Crippen LogP contribution >= 0.6 is 11.6 Å². The lowest BCUT2D eigenvalue weighted by Crippen LogP contribution is -2.23. The van der Waals surface area contributed by atoms with Crippen LogP contribution in [-0.4, -0.2) is 20.7 Å². The van der Waals surface area contributed by atoms with Gasteiger partial charge in [-0.05, 0) is 42.8 Å². The number of hydrogen-bond donors (Lipinski definition) is 1. The fraction of sp³-hybridized carbons (Fsp3) is 0.158. The van der Waals surface area contributed by atoms with Crippen LogP contribution in [0.5, 0.6) is 0 Å². The third-order valence-corrected chi connectivity index (χ3v) is 3.94. The highest BCUT2D eigenvalue weighted by Gasteiger charge is 2.06. The number of halogens is 1. The summed E-state index contributed by atoms with van der Waals surface area (Å²) in [6, 6.07) is 13.8. The zero-order valence-electron chi connectivity index (χ0n) is 13.9. The van der Waals surface area contributed by atoms with Crippen molar-refractivity contribution in [3.05, 3.63) is 76.3 Å². The van der Waals surface area contributed by atoms with Gasteiger partial charge < -0.3 is 5.32 Å². The largest absolute Gasteiger partial charge is 0.326 e. The number of benzene rings is 1. The number of carbonyl (C=O) groups is 1. The molecule has 0 bridgehead atoms. The average Bonchev–Trinajstić information content (AvgIpc) is 2.64. The predicted octanol–water partition coefficient (Wildman–Crippen LogP) is 3.38. The average molecular weight is 369 g/mol. The maximum absolute atomic E-state index is 12.0. The zero-order chi connectivity index (χ0) is 18.4. The highest BCUT2D eigenvalue weighted by molar-refractivity contribution is 6.30. The Balaban J connectivity index is 1.59. The first-order chi connectivity index (χ1) is 12.6. The Kier molecular flexibility index (Phi) is 5.76. The summed E-state index contributed by atoms with van der Waals surface area (Å²) in [5, 5.41) is 7.69. The Labute approximate surface area is 155 Å². The summed E-state index contributed by atoms with van der Waals surface area (Å²) in [7, 11) is 0. The van der Waals surface area contributed by atoms with Crippen LogP contribution in [0.2, 0.25) is 5.02 Å². The van der Waals surface area contributed by atoms with Gasteiger partial charge in [0.25, 0.3) is 5.56 Å². The zero-order valence-corrected chi connectivity index (χ0v) is 14.7. The number of pyridine rings is 1. The molecule has 2 aromatic heterocycles. The summed E-state index contributed by atoms with van der Waals surface area (Å²) < 4.78 is 1.37. The molecular formula is C19H17ClN4O2. The van der Waals surface area contributed by atoms with E-state index in [-0.39, 0.29) is 17.9 Å². The first-order valence-electron chi connectivity index (χ1n) is 8.16. The molecule has 1 aromatic carbocycles. The highest BCUT2D eigenvalue weighted by Crippen LogP contribution is 2.15. The van der Waals surface area contributed by atoms with Gasteiger partial charge in [0.1, 0.15) is 0 Å². The summed E-state index contributed by atoms with van der Waals surface area (Å²) >= 11 is 5.89. The molecule has 1 N–H and O–H groups in total. The standard InChI is InChI=1S/C19H17ClN4O2/c20-15-5-1-6-16(12-15)22-18(25)7-3-11-24-19(26)9-8-17(23-24)14-4-2-10-21-13-14/h1-2,4-6,8-10,12-13H,3,7,11H2,(H,22,25). The van der Waals surface area contributed by atoms with Crippen molar-refractivity contribution in [2.45, 2.75) is 19.4 Å². The number of rotatable bonds is 6. The van der Waals surface area contributed by atoms with Gasteiger partial charge in [0.2, 0.25) is 5.91 Å². The van der Waals surface area contributed by atoms with E-state index in [4.69, 9.17) is 11.6 Å². The SMILES string of the molecule is O=C(CCCn1nc(-c2cccnc2)ccc1=O)Nc1cccc(Cl)c1. The van der Waals surface area contributed by atoms with Crippen LogP contribution in [0.25, 0.3) is 11.3 Å². The second kappa shape index (κ2) is 8.40. The van der Waals surface area contributed by atoms with E-state index >= 15 is 0 Å². The molecule has 3 rings (SSSR count). The molecule has 0 saturated heterocycles. The van der Waals surface area contributed by atoms with Gasteiger partial charge in [0.05, 0.1) is 5.69 Å². The number of aryl methyl sites for hydroxylation is 1. The quantitative estimate of drug-likeness (QED) is 0.723. The van der Waals surface area contributed by atoms with Crippen LogP contribution in [0.4, 0.5) is 5.69 Å². The number of nitrogens with one attached hydrogen (secondary N) is 1. The van der Waals surface area contributed by atoms with Crippen molar-refractivity contribution in [1.29, 1.82) is 0 Å². The molecule has 0 unspecified atom stereocenters. The number of amides is 1. The molecule has 132 valence electrons. The van der Waals surface area contributed by atoms with Crippen LogP contribution < -0.4 is 10.9 Å². The fourth-order valence-corrected chi connectivity index (χ4v) is 2.65. The van der Waals surface area contributed by atoms with Crippen molar-refractivity contribution in [3.63, 3.8) is 0 Å². The smallest absolute Gasteiger partial charge is 0.266 e. The van der Waals surface area contributed by atoms with Crippen LogP contribution in [0.3, 0.4) is 0 Å². The summed E-state index contributed by atoms with van der Waals surface area (Å²) in [5.41, 5.74) is 1.95. The Morgan fingerprint density at radius 1 is 1.15 bits per heavy atom. The molecule has 0 radical (unpaired) electrons. The number of anilines is 1. The predicted molar refractivity (Wildman–Crippen MR) is 101 cm³/mol. The fourth-order valence-electron chi connectivity index (χ4n) is 2.46. The van der Waals surface area contributed by atoms with Crippen molar-refractivity contribution < 1.29 is 4.79 Å². The van der Waals surface area contributed by atoms with E-state index in [0.717, 1.165) is 5.56 Å². The molecule has 1 amide bonds. The van der Waals surface area contributed by atoms with Crippen molar-refractivity contribution in [1.82, 2.24) is 14.8 Å². The topological polar surface area (TPSA) is 76.9 Å². The Morgan fingerprint density at radius 2 is 2.04 bits per heavy atom. The van der Waals surface area contributed by atoms with E-state index in [0.29, 0.717) is 29.4 Å². The van der Waals surface area contributed by atoms with Crippen molar-refractivity contribution in [2.24, 2.45) is 0 Å². The Bertz CT molecular complexity index is 957. The number of hydrogen-bond acceptors (Lipinski definition) is 4. The van der Waals surface area contributed by atoms with Crippen LogP contribution in [0.15, 0.2) is 65.7 Å². The molecule has 2 heterocycles. The van der Waals surface area contributed by atoms with Crippen LogP contribution in [-0.2, 0) is 11.3 Å². The minimum Gasteiger partial charge on any atom is -0.326 e. The molecule has 0 aliphatic rings. The molecule has 0 spiro atoms. The van der Waals surface area contributed by atoms with Gasteiger partial charge in [-0.15, -0.1) is 0 Å².